The molecular weight excluding hydrogens is 348 g/mol. The third-order valence-corrected chi connectivity index (χ3v) is 5.00. The maximum Gasteiger partial charge on any atom is 0.311 e. The van der Waals surface area contributed by atoms with Crippen LogP contribution >= 0.6 is 0 Å². The molecule has 2 amide bonds. The summed E-state index contributed by atoms with van der Waals surface area (Å²) in [6.45, 7) is 0.892. The maximum absolute atomic E-state index is 12.4. The zero-order valence-corrected chi connectivity index (χ0v) is 14.8. The molecule has 1 unspecified atom stereocenters. The van der Waals surface area contributed by atoms with Gasteiger partial charge in [0.15, 0.2) is 6.61 Å². The Balaban J connectivity index is 1.30. The lowest BCUT2D eigenvalue weighted by atomic mass is 10.1. The molecular formula is C20H20N2O5. The lowest BCUT2D eigenvalue weighted by Crippen LogP contribution is -2.34. The average Bonchev–Trinajstić information content (AvgIpc) is 3.40. The number of esters is 1. The minimum Gasteiger partial charge on any atom is -0.467 e. The second-order valence-electron chi connectivity index (χ2n) is 6.79. The van der Waals surface area contributed by atoms with Crippen LogP contribution < -0.4 is 4.90 Å². The van der Waals surface area contributed by atoms with E-state index >= 15 is 0 Å². The molecule has 0 radical (unpaired) electrons. The summed E-state index contributed by atoms with van der Waals surface area (Å²) in [5.41, 5.74) is 1.99. The summed E-state index contributed by atoms with van der Waals surface area (Å²) in [7, 11) is 0. The highest BCUT2D eigenvalue weighted by Crippen LogP contribution is 2.27. The monoisotopic (exact) mass is 368 g/mol. The quantitative estimate of drug-likeness (QED) is 0.752. The van der Waals surface area contributed by atoms with E-state index in [1.807, 2.05) is 24.3 Å². The molecule has 0 aliphatic carbocycles. The van der Waals surface area contributed by atoms with Crippen LogP contribution in [0.4, 0.5) is 5.69 Å². The van der Waals surface area contributed by atoms with Gasteiger partial charge < -0.3 is 19.0 Å². The number of rotatable bonds is 5. The molecule has 1 atom stereocenters. The third-order valence-electron chi connectivity index (χ3n) is 5.00. The smallest absolute Gasteiger partial charge is 0.311 e. The number of carbonyl (C=O) groups is 3. The van der Waals surface area contributed by atoms with Gasteiger partial charge in [0.05, 0.1) is 18.7 Å². The molecule has 140 valence electrons. The summed E-state index contributed by atoms with van der Waals surface area (Å²) in [4.78, 5) is 40.1. The molecule has 1 saturated heterocycles. The first kappa shape index (κ1) is 17.3. The van der Waals surface area contributed by atoms with Gasteiger partial charge in [0.25, 0.3) is 5.91 Å². The van der Waals surface area contributed by atoms with Crippen molar-refractivity contribution < 1.29 is 23.5 Å². The van der Waals surface area contributed by atoms with Gasteiger partial charge in [-0.05, 0) is 30.2 Å². The predicted molar refractivity (Wildman–Crippen MR) is 95.7 cm³/mol. The van der Waals surface area contributed by atoms with Gasteiger partial charge in [0, 0.05) is 25.2 Å². The summed E-state index contributed by atoms with van der Waals surface area (Å²) < 4.78 is 10.5. The summed E-state index contributed by atoms with van der Waals surface area (Å²) >= 11 is 0. The number of carbonyl (C=O) groups excluding carboxylic acids is 3. The second kappa shape index (κ2) is 7.26. The van der Waals surface area contributed by atoms with Crippen molar-refractivity contribution in [2.75, 3.05) is 24.6 Å². The first-order valence-corrected chi connectivity index (χ1v) is 8.97. The van der Waals surface area contributed by atoms with Gasteiger partial charge in [-0.1, -0.05) is 18.2 Å². The number of fused-ring (bicyclic) bond motifs is 1. The van der Waals surface area contributed by atoms with Crippen LogP contribution in [-0.2, 0) is 32.1 Å². The Morgan fingerprint density at radius 3 is 2.85 bits per heavy atom. The second-order valence-corrected chi connectivity index (χ2v) is 6.79. The van der Waals surface area contributed by atoms with Gasteiger partial charge in [0.2, 0.25) is 5.91 Å². The van der Waals surface area contributed by atoms with Crippen molar-refractivity contribution in [3.63, 3.8) is 0 Å². The number of amides is 2. The molecule has 0 N–H and O–H groups in total. The number of hydrogen-bond donors (Lipinski definition) is 0. The van der Waals surface area contributed by atoms with Crippen molar-refractivity contribution in [3.8, 4) is 0 Å². The molecule has 4 rings (SSSR count). The van der Waals surface area contributed by atoms with Crippen molar-refractivity contribution in [3.05, 3.63) is 54.0 Å². The molecule has 2 aliphatic heterocycles. The van der Waals surface area contributed by atoms with Crippen molar-refractivity contribution in [1.29, 1.82) is 0 Å². The fourth-order valence-corrected chi connectivity index (χ4v) is 3.60. The number of likely N-dealkylation sites (tertiary alicyclic amines) is 1. The zero-order chi connectivity index (χ0) is 18.8. The van der Waals surface area contributed by atoms with E-state index in [9.17, 15) is 14.4 Å². The van der Waals surface area contributed by atoms with Crippen LogP contribution in [0.1, 0.15) is 17.7 Å². The van der Waals surface area contributed by atoms with Gasteiger partial charge >= 0.3 is 5.97 Å². The number of ether oxygens (including phenoxy) is 1. The molecule has 7 nitrogen and oxygen atoms in total. The molecule has 0 saturated carbocycles. The lowest BCUT2D eigenvalue weighted by molar-refractivity contribution is -0.151. The van der Waals surface area contributed by atoms with Crippen molar-refractivity contribution >= 4 is 23.5 Å². The summed E-state index contributed by atoms with van der Waals surface area (Å²) in [5, 5.41) is 0. The SMILES string of the molecule is O=C(OCC(=O)N1CCc2ccccc21)C1CC(=O)N(Cc2ccco2)C1. The highest BCUT2D eigenvalue weighted by atomic mass is 16.5. The van der Waals surface area contributed by atoms with Crippen LogP contribution in [-0.4, -0.2) is 42.4 Å². The van der Waals surface area contributed by atoms with Crippen LogP contribution in [0.25, 0.3) is 0 Å². The number of hydrogen-bond acceptors (Lipinski definition) is 5. The molecule has 1 aromatic heterocycles. The fraction of sp³-hybridized carbons (Fsp3) is 0.350. The Bertz CT molecular complexity index is 861. The molecule has 2 aliphatic rings. The number of benzene rings is 1. The zero-order valence-electron chi connectivity index (χ0n) is 14.8. The van der Waals surface area contributed by atoms with Gasteiger partial charge in [-0.15, -0.1) is 0 Å². The van der Waals surface area contributed by atoms with Gasteiger partial charge in [0.1, 0.15) is 5.76 Å². The van der Waals surface area contributed by atoms with Crippen LogP contribution in [0.3, 0.4) is 0 Å². The molecule has 1 fully saturated rings. The van der Waals surface area contributed by atoms with Crippen LogP contribution in [0, 0.1) is 5.92 Å². The Hall–Kier alpha value is -3.09. The lowest BCUT2D eigenvalue weighted by Gasteiger charge is -2.18. The topological polar surface area (TPSA) is 80.1 Å². The molecule has 0 spiro atoms. The highest BCUT2D eigenvalue weighted by Gasteiger charge is 2.36. The first-order chi connectivity index (χ1) is 13.1. The van der Waals surface area contributed by atoms with Crippen LogP contribution in [0.15, 0.2) is 47.1 Å². The first-order valence-electron chi connectivity index (χ1n) is 8.97. The predicted octanol–water partition coefficient (Wildman–Crippen LogP) is 1.76. The van der Waals surface area contributed by atoms with Crippen LogP contribution in [0.2, 0.25) is 0 Å². The minimum absolute atomic E-state index is 0.0975. The summed E-state index contributed by atoms with van der Waals surface area (Å²) in [5.74, 6) is -0.754. The molecule has 27 heavy (non-hydrogen) atoms. The molecule has 3 heterocycles. The van der Waals surface area contributed by atoms with Crippen molar-refractivity contribution in [2.24, 2.45) is 5.92 Å². The summed E-state index contributed by atoms with van der Waals surface area (Å²) in [6.07, 6.45) is 2.44. The normalized spacial score (nSPS) is 18.7. The molecule has 0 bridgehead atoms. The Morgan fingerprint density at radius 2 is 2.04 bits per heavy atom. The largest absolute Gasteiger partial charge is 0.467 e. The standard InChI is InChI=1S/C20H20N2O5/c23-18-10-15(11-21(18)12-16-5-3-9-26-16)20(25)27-13-19(24)22-8-7-14-4-1-2-6-17(14)22/h1-6,9,15H,7-8,10-13H2. The van der Waals surface area contributed by atoms with Gasteiger partial charge in [-0.3, -0.25) is 14.4 Å². The number of anilines is 1. The highest BCUT2D eigenvalue weighted by molar-refractivity contribution is 5.97. The van der Waals surface area contributed by atoms with E-state index in [-0.39, 0.29) is 31.4 Å². The van der Waals surface area contributed by atoms with Gasteiger partial charge in [-0.2, -0.15) is 0 Å². The van der Waals surface area contributed by atoms with E-state index in [4.69, 9.17) is 9.15 Å². The van der Waals surface area contributed by atoms with E-state index in [0.717, 1.165) is 17.7 Å². The Morgan fingerprint density at radius 1 is 1.19 bits per heavy atom. The molecule has 2 aromatic rings. The van der Waals surface area contributed by atoms with Crippen LogP contribution in [0.5, 0.6) is 0 Å². The van der Waals surface area contributed by atoms with E-state index in [1.165, 1.54) is 0 Å². The molecule has 1 aromatic carbocycles. The average molecular weight is 368 g/mol. The third kappa shape index (κ3) is 3.58. The van der Waals surface area contributed by atoms with E-state index in [1.54, 1.807) is 28.2 Å². The summed E-state index contributed by atoms with van der Waals surface area (Å²) in [6, 6.07) is 11.2. The van der Waals surface area contributed by atoms with E-state index < -0.39 is 11.9 Å². The van der Waals surface area contributed by atoms with E-state index in [0.29, 0.717) is 18.8 Å². The number of para-hydroxylation sites is 1. The number of nitrogens with zero attached hydrogens (tertiary/aromatic N) is 2. The van der Waals surface area contributed by atoms with Gasteiger partial charge in [-0.25, -0.2) is 0 Å². The van der Waals surface area contributed by atoms with E-state index in [2.05, 4.69) is 0 Å². The maximum atomic E-state index is 12.4. The Kier molecular flexibility index (Phi) is 4.66. The van der Waals surface area contributed by atoms with Crippen molar-refractivity contribution in [2.45, 2.75) is 19.4 Å². The number of furan rings is 1. The molecule has 7 heteroatoms. The Labute approximate surface area is 156 Å². The fourth-order valence-electron chi connectivity index (χ4n) is 3.60. The van der Waals surface area contributed by atoms with Crippen molar-refractivity contribution in [1.82, 2.24) is 4.90 Å². The minimum atomic E-state index is -0.550.